The van der Waals surface area contributed by atoms with Gasteiger partial charge in [0.15, 0.2) is 0 Å². The van der Waals surface area contributed by atoms with Crippen molar-refractivity contribution in [1.29, 1.82) is 0 Å². The van der Waals surface area contributed by atoms with Crippen LogP contribution in [0.25, 0.3) is 0 Å². The predicted octanol–water partition coefficient (Wildman–Crippen LogP) is 3.29. The third-order valence-corrected chi connectivity index (χ3v) is 7.37. The molecule has 0 saturated heterocycles. The highest BCUT2D eigenvalue weighted by Gasteiger charge is 2.71. The zero-order valence-corrected chi connectivity index (χ0v) is 15.0. The number of carbonyl (C=O) groups excluding carboxylic acids is 1. The van der Waals surface area contributed by atoms with Gasteiger partial charge in [-0.1, -0.05) is 38.8 Å². The van der Waals surface area contributed by atoms with Crippen molar-refractivity contribution in [2.24, 2.45) is 40.4 Å². The summed E-state index contributed by atoms with van der Waals surface area (Å²) in [5.41, 5.74) is -0.876. The van der Waals surface area contributed by atoms with Gasteiger partial charge in [0, 0.05) is 12.0 Å². The van der Waals surface area contributed by atoms with E-state index in [4.69, 9.17) is 0 Å². The van der Waals surface area contributed by atoms with E-state index in [0.717, 1.165) is 24.7 Å². The average Bonchev–Trinajstić information content (AvgIpc) is 3.19. The normalized spacial score (nSPS) is 44.1. The van der Waals surface area contributed by atoms with Gasteiger partial charge >= 0.3 is 5.97 Å². The molecular weight excluding hydrogens is 304 g/mol. The Morgan fingerprint density at radius 1 is 1.38 bits per heavy atom. The van der Waals surface area contributed by atoms with E-state index in [1.165, 1.54) is 0 Å². The highest BCUT2D eigenvalue weighted by Crippen LogP contribution is 2.70. The molecule has 0 aromatic heterocycles. The van der Waals surface area contributed by atoms with Crippen LogP contribution in [-0.2, 0) is 9.59 Å². The van der Waals surface area contributed by atoms with Crippen molar-refractivity contribution in [3.8, 4) is 0 Å². The highest BCUT2D eigenvalue weighted by molar-refractivity contribution is 5.88. The second-order valence-electron chi connectivity index (χ2n) is 8.65. The molecule has 2 N–H and O–H groups in total. The van der Waals surface area contributed by atoms with Crippen molar-refractivity contribution >= 4 is 12.3 Å². The summed E-state index contributed by atoms with van der Waals surface area (Å²) in [7, 11) is 0. The van der Waals surface area contributed by atoms with Gasteiger partial charge in [0.05, 0.1) is 0 Å². The molecule has 0 spiro atoms. The van der Waals surface area contributed by atoms with E-state index >= 15 is 0 Å². The van der Waals surface area contributed by atoms with Crippen LogP contribution in [0.2, 0.25) is 0 Å². The molecule has 0 aliphatic heterocycles. The number of hydrogen-bond acceptors (Lipinski definition) is 3. The van der Waals surface area contributed by atoms with E-state index in [1.807, 2.05) is 13.8 Å². The summed E-state index contributed by atoms with van der Waals surface area (Å²) in [6.07, 6.45) is 6.97. The predicted molar refractivity (Wildman–Crippen MR) is 91.3 cm³/mol. The molecule has 6 atom stereocenters. The minimum absolute atomic E-state index is 0.0701. The highest BCUT2D eigenvalue weighted by atomic mass is 16.4. The molecule has 3 aliphatic carbocycles. The zero-order valence-electron chi connectivity index (χ0n) is 15.0. The number of carboxylic acid groups (broad SMARTS) is 1. The van der Waals surface area contributed by atoms with Gasteiger partial charge in [-0.25, -0.2) is 0 Å². The standard InChI is InChI=1S/C20H30O4/c1-12(2)17-8-14-9-19(11-22,20(17,10-14)18(23)24)16-5-4-13(3)15(16)6-7-21/h8,11-16,21H,4-7,9-10H2,1-3H3,(H,23,24). The van der Waals surface area contributed by atoms with E-state index in [1.54, 1.807) is 0 Å². The van der Waals surface area contributed by atoms with Gasteiger partial charge in [-0.2, -0.15) is 0 Å². The molecule has 0 aromatic rings. The van der Waals surface area contributed by atoms with E-state index < -0.39 is 16.8 Å². The maximum absolute atomic E-state index is 12.5. The smallest absolute Gasteiger partial charge is 0.314 e. The van der Waals surface area contributed by atoms with Gasteiger partial charge in [0.2, 0.25) is 0 Å². The quantitative estimate of drug-likeness (QED) is 0.577. The van der Waals surface area contributed by atoms with Crippen LogP contribution in [0, 0.1) is 40.4 Å². The Morgan fingerprint density at radius 3 is 2.62 bits per heavy atom. The van der Waals surface area contributed by atoms with Gasteiger partial charge in [0.1, 0.15) is 11.7 Å². The Hall–Kier alpha value is -1.16. The molecule has 6 unspecified atom stereocenters. The van der Waals surface area contributed by atoms with Crippen molar-refractivity contribution < 1.29 is 19.8 Å². The molecule has 134 valence electrons. The Bertz CT molecular complexity index is 566. The van der Waals surface area contributed by atoms with Crippen LogP contribution in [-0.4, -0.2) is 29.1 Å². The monoisotopic (exact) mass is 334 g/mol. The fourth-order valence-corrected chi connectivity index (χ4v) is 6.50. The van der Waals surface area contributed by atoms with E-state index in [2.05, 4.69) is 13.0 Å². The molecule has 24 heavy (non-hydrogen) atoms. The van der Waals surface area contributed by atoms with E-state index in [9.17, 15) is 19.8 Å². The number of hydrogen-bond donors (Lipinski definition) is 2. The minimum Gasteiger partial charge on any atom is -0.481 e. The lowest BCUT2D eigenvalue weighted by Crippen LogP contribution is -2.53. The first kappa shape index (κ1) is 17.7. The average molecular weight is 334 g/mol. The van der Waals surface area contributed by atoms with Gasteiger partial charge < -0.3 is 15.0 Å². The molecule has 2 saturated carbocycles. The van der Waals surface area contributed by atoms with Crippen molar-refractivity contribution in [1.82, 2.24) is 0 Å². The molecule has 2 fully saturated rings. The maximum Gasteiger partial charge on any atom is 0.314 e. The van der Waals surface area contributed by atoms with Gasteiger partial charge in [-0.15, -0.1) is 0 Å². The summed E-state index contributed by atoms with van der Waals surface area (Å²) < 4.78 is 0. The molecule has 4 nitrogen and oxygen atoms in total. The largest absolute Gasteiger partial charge is 0.481 e. The Labute approximate surface area is 144 Å². The third kappa shape index (κ3) is 2.08. The molecule has 2 bridgehead atoms. The molecule has 0 radical (unpaired) electrons. The van der Waals surface area contributed by atoms with Crippen LogP contribution >= 0.6 is 0 Å². The number of fused-ring (bicyclic) bond motifs is 2. The lowest BCUT2D eigenvalue weighted by atomic mass is 9.52. The number of aliphatic hydroxyl groups excluding tert-OH is 1. The number of carbonyl (C=O) groups is 2. The first-order valence-corrected chi connectivity index (χ1v) is 9.36. The van der Waals surface area contributed by atoms with Crippen molar-refractivity contribution in [2.75, 3.05) is 6.61 Å². The summed E-state index contributed by atoms with van der Waals surface area (Å²) in [5.74, 6) is 0.271. The van der Waals surface area contributed by atoms with Crippen LogP contribution in [0.15, 0.2) is 11.6 Å². The molecule has 3 rings (SSSR count). The van der Waals surface area contributed by atoms with Crippen LogP contribution in [0.1, 0.15) is 52.9 Å². The summed E-state index contributed by atoms with van der Waals surface area (Å²) in [5, 5.41) is 19.8. The number of allylic oxidation sites excluding steroid dienone is 1. The minimum atomic E-state index is -1.03. The number of carboxylic acids is 1. The molecule has 0 aromatic carbocycles. The summed E-state index contributed by atoms with van der Waals surface area (Å²) >= 11 is 0. The SMILES string of the molecule is CC(C)C1=CC2CC1(C(=O)O)C(C=O)(C1CCC(C)C1CCO)C2. The van der Waals surface area contributed by atoms with Gasteiger partial charge in [-0.3, -0.25) is 4.79 Å². The third-order valence-electron chi connectivity index (χ3n) is 7.37. The zero-order chi connectivity index (χ0) is 17.7. The number of aliphatic carboxylic acids is 1. The molecular formula is C20H30O4. The maximum atomic E-state index is 12.5. The Morgan fingerprint density at radius 2 is 2.08 bits per heavy atom. The van der Waals surface area contributed by atoms with Gasteiger partial charge in [0.25, 0.3) is 0 Å². The fraction of sp³-hybridized carbons (Fsp3) is 0.800. The summed E-state index contributed by atoms with van der Waals surface area (Å²) in [6.45, 7) is 6.36. The van der Waals surface area contributed by atoms with Gasteiger partial charge in [-0.05, 0) is 55.3 Å². The second-order valence-corrected chi connectivity index (χ2v) is 8.65. The molecule has 0 heterocycles. The Balaban J connectivity index is 2.11. The van der Waals surface area contributed by atoms with Crippen LogP contribution < -0.4 is 0 Å². The molecule has 0 amide bonds. The summed E-state index contributed by atoms with van der Waals surface area (Å²) in [6, 6.07) is 0. The first-order chi connectivity index (χ1) is 11.3. The van der Waals surface area contributed by atoms with Crippen LogP contribution in [0.3, 0.4) is 0 Å². The fourth-order valence-electron chi connectivity index (χ4n) is 6.50. The van der Waals surface area contributed by atoms with Crippen LogP contribution in [0.5, 0.6) is 0 Å². The molecule has 3 aliphatic rings. The Kier molecular flexibility index (Phi) is 4.40. The summed E-state index contributed by atoms with van der Waals surface area (Å²) in [4.78, 5) is 25.0. The lowest BCUT2D eigenvalue weighted by Gasteiger charge is -2.48. The van der Waals surface area contributed by atoms with Crippen molar-refractivity contribution in [3.63, 3.8) is 0 Å². The van der Waals surface area contributed by atoms with E-state index in [0.29, 0.717) is 25.2 Å². The first-order valence-electron chi connectivity index (χ1n) is 9.36. The molecule has 4 heteroatoms. The lowest BCUT2D eigenvalue weighted by molar-refractivity contribution is -0.160. The second kappa shape index (κ2) is 5.98. The van der Waals surface area contributed by atoms with Crippen molar-refractivity contribution in [3.05, 3.63) is 11.6 Å². The number of aliphatic hydroxyl groups is 1. The number of aldehydes is 1. The topological polar surface area (TPSA) is 74.6 Å². The van der Waals surface area contributed by atoms with Crippen molar-refractivity contribution in [2.45, 2.75) is 52.9 Å². The van der Waals surface area contributed by atoms with E-state index in [-0.39, 0.29) is 30.3 Å². The van der Waals surface area contributed by atoms with Crippen LogP contribution in [0.4, 0.5) is 0 Å². The number of rotatable bonds is 6.